The lowest BCUT2D eigenvalue weighted by Crippen LogP contribution is -1.97. The zero-order chi connectivity index (χ0) is 22.9. The molecule has 0 saturated heterocycles. The third-order valence-corrected chi connectivity index (χ3v) is 6.58. The monoisotopic (exact) mass is 458 g/mol. The Kier molecular flexibility index (Phi) is 8.09. The van der Waals surface area contributed by atoms with Gasteiger partial charge in [-0.05, 0) is 66.6 Å². The zero-order valence-electron chi connectivity index (χ0n) is 19.0. The van der Waals surface area contributed by atoms with Gasteiger partial charge in [-0.2, -0.15) is 0 Å². The van der Waals surface area contributed by atoms with Gasteiger partial charge in [-0.25, -0.2) is 4.98 Å². The van der Waals surface area contributed by atoms with Gasteiger partial charge in [0.15, 0.2) is 0 Å². The van der Waals surface area contributed by atoms with Gasteiger partial charge < -0.3 is 9.84 Å². The number of hydrogen-bond donors (Lipinski definition) is 1. The molecule has 1 heterocycles. The highest BCUT2D eigenvalue weighted by molar-refractivity contribution is 7.21. The lowest BCUT2D eigenvalue weighted by molar-refractivity contribution is 0.304. The SMILES string of the molecule is CCCCCCCCOc1ccc(C=Nc2ccc(O)c(-c3nc4ccccc4s3)c2)cc1. The normalized spacial score (nSPS) is 11.4. The fourth-order valence-electron chi connectivity index (χ4n) is 3.63. The van der Waals surface area contributed by atoms with Gasteiger partial charge in [0, 0.05) is 6.21 Å². The first-order chi connectivity index (χ1) is 16.2. The molecule has 0 unspecified atom stereocenters. The summed E-state index contributed by atoms with van der Waals surface area (Å²) in [4.78, 5) is 9.25. The first kappa shape index (κ1) is 23.0. The van der Waals surface area contributed by atoms with Crippen LogP contribution in [-0.4, -0.2) is 22.9 Å². The number of phenolic OH excluding ortho intramolecular Hbond substituents is 1. The van der Waals surface area contributed by atoms with Gasteiger partial charge in [0.25, 0.3) is 0 Å². The van der Waals surface area contributed by atoms with Crippen LogP contribution >= 0.6 is 11.3 Å². The molecule has 4 aromatic rings. The van der Waals surface area contributed by atoms with Crippen molar-refractivity contribution in [3.63, 3.8) is 0 Å². The van der Waals surface area contributed by atoms with Crippen molar-refractivity contribution in [3.05, 3.63) is 72.3 Å². The van der Waals surface area contributed by atoms with Crippen LogP contribution in [0.5, 0.6) is 11.5 Å². The predicted octanol–water partition coefficient (Wildman–Crippen LogP) is 8.16. The Balaban J connectivity index is 1.35. The van der Waals surface area contributed by atoms with Gasteiger partial charge in [0.1, 0.15) is 16.5 Å². The zero-order valence-corrected chi connectivity index (χ0v) is 19.9. The second-order valence-corrected chi connectivity index (χ2v) is 9.16. The lowest BCUT2D eigenvalue weighted by Gasteiger charge is -2.06. The summed E-state index contributed by atoms with van der Waals surface area (Å²) in [7, 11) is 0. The summed E-state index contributed by atoms with van der Waals surface area (Å²) in [5, 5.41) is 11.2. The number of thiazole rings is 1. The summed E-state index contributed by atoms with van der Waals surface area (Å²) < 4.78 is 6.95. The number of aromatic nitrogens is 1. The van der Waals surface area contributed by atoms with Crippen LogP contribution in [0.3, 0.4) is 0 Å². The highest BCUT2D eigenvalue weighted by atomic mass is 32.1. The number of fused-ring (bicyclic) bond motifs is 1. The van der Waals surface area contributed by atoms with Gasteiger partial charge >= 0.3 is 0 Å². The highest BCUT2D eigenvalue weighted by Gasteiger charge is 2.11. The Morgan fingerprint density at radius 1 is 0.939 bits per heavy atom. The third kappa shape index (κ3) is 6.42. The Hall–Kier alpha value is -3.18. The molecule has 0 saturated carbocycles. The molecule has 1 aromatic heterocycles. The summed E-state index contributed by atoms with van der Waals surface area (Å²) in [5.74, 6) is 1.10. The van der Waals surface area contributed by atoms with E-state index in [-0.39, 0.29) is 5.75 Å². The van der Waals surface area contributed by atoms with Crippen LogP contribution in [0, 0.1) is 0 Å². The van der Waals surface area contributed by atoms with Crippen LogP contribution in [0.1, 0.15) is 51.0 Å². The summed E-state index contributed by atoms with van der Waals surface area (Å²) >= 11 is 1.57. The van der Waals surface area contributed by atoms with Crippen LogP contribution in [0.2, 0.25) is 0 Å². The molecule has 0 amide bonds. The molecular formula is C28H30N2O2S. The van der Waals surface area contributed by atoms with Gasteiger partial charge in [-0.15, -0.1) is 11.3 Å². The molecule has 0 aliphatic rings. The molecule has 0 bridgehead atoms. The van der Waals surface area contributed by atoms with Crippen LogP contribution in [0.15, 0.2) is 71.7 Å². The first-order valence-electron chi connectivity index (χ1n) is 11.7. The van der Waals surface area contributed by atoms with E-state index in [1.807, 2.05) is 60.8 Å². The second-order valence-electron chi connectivity index (χ2n) is 8.13. The molecule has 0 aliphatic carbocycles. The minimum Gasteiger partial charge on any atom is -0.507 e. The Morgan fingerprint density at radius 3 is 2.55 bits per heavy atom. The molecule has 5 heteroatoms. The van der Waals surface area contributed by atoms with Crippen LogP contribution in [0.4, 0.5) is 5.69 Å². The number of rotatable bonds is 11. The topological polar surface area (TPSA) is 54.7 Å². The standard InChI is InChI=1S/C28H30N2O2S/c1-2-3-4-5-6-9-18-32-23-15-12-21(13-16-23)20-29-22-14-17-26(31)24(19-22)28-30-25-10-7-8-11-27(25)33-28/h7-8,10-17,19-20,31H,2-6,9,18H2,1H3. The second kappa shape index (κ2) is 11.6. The van der Waals surface area contributed by atoms with Crippen LogP contribution < -0.4 is 4.74 Å². The maximum absolute atomic E-state index is 10.4. The van der Waals surface area contributed by atoms with Gasteiger partial charge in [-0.3, -0.25) is 4.99 Å². The smallest absolute Gasteiger partial charge is 0.128 e. The molecule has 0 radical (unpaired) electrons. The van der Waals surface area contributed by atoms with Crippen LogP contribution in [-0.2, 0) is 0 Å². The fraction of sp³-hybridized carbons (Fsp3) is 0.286. The number of para-hydroxylation sites is 1. The predicted molar refractivity (Wildman–Crippen MR) is 139 cm³/mol. The molecule has 0 fully saturated rings. The van der Waals surface area contributed by atoms with E-state index in [4.69, 9.17) is 4.74 Å². The van der Waals surface area contributed by atoms with Crippen molar-refractivity contribution in [1.29, 1.82) is 0 Å². The number of aliphatic imine (C=N–C) groups is 1. The molecule has 170 valence electrons. The van der Waals surface area contributed by atoms with Crippen molar-refractivity contribution >= 4 is 33.5 Å². The maximum atomic E-state index is 10.4. The van der Waals surface area contributed by atoms with E-state index in [2.05, 4.69) is 16.9 Å². The van der Waals surface area contributed by atoms with E-state index in [1.165, 1.54) is 32.1 Å². The number of unbranched alkanes of at least 4 members (excludes halogenated alkanes) is 5. The van der Waals surface area contributed by atoms with Gasteiger partial charge in [0.2, 0.25) is 0 Å². The van der Waals surface area contributed by atoms with Crippen molar-refractivity contribution in [1.82, 2.24) is 4.98 Å². The minimum absolute atomic E-state index is 0.208. The molecule has 0 spiro atoms. The number of ether oxygens (including phenoxy) is 1. The number of nitrogens with zero attached hydrogens (tertiary/aromatic N) is 2. The number of phenols is 1. The fourth-order valence-corrected chi connectivity index (χ4v) is 4.63. The van der Waals surface area contributed by atoms with E-state index in [0.717, 1.165) is 45.3 Å². The molecule has 0 atom stereocenters. The van der Waals surface area contributed by atoms with Gasteiger partial charge in [0.05, 0.1) is 28.1 Å². The van der Waals surface area contributed by atoms with Gasteiger partial charge in [-0.1, -0.05) is 51.2 Å². The van der Waals surface area contributed by atoms with Crippen molar-refractivity contribution in [3.8, 4) is 22.1 Å². The molecule has 3 aromatic carbocycles. The van der Waals surface area contributed by atoms with Crippen molar-refractivity contribution in [2.24, 2.45) is 4.99 Å². The summed E-state index contributed by atoms with van der Waals surface area (Å²) in [6, 6.07) is 21.3. The van der Waals surface area contributed by atoms with Crippen molar-refractivity contribution in [2.75, 3.05) is 6.61 Å². The maximum Gasteiger partial charge on any atom is 0.128 e. The highest BCUT2D eigenvalue weighted by Crippen LogP contribution is 2.37. The average Bonchev–Trinajstić information content (AvgIpc) is 3.28. The molecular weight excluding hydrogens is 428 g/mol. The largest absolute Gasteiger partial charge is 0.507 e. The van der Waals surface area contributed by atoms with Crippen molar-refractivity contribution in [2.45, 2.75) is 45.4 Å². The molecule has 1 N–H and O–H groups in total. The summed E-state index contributed by atoms with van der Waals surface area (Å²) in [5.41, 5.74) is 3.40. The molecule has 0 aliphatic heterocycles. The Bertz CT molecular complexity index is 1170. The van der Waals surface area contributed by atoms with E-state index >= 15 is 0 Å². The molecule has 4 rings (SSSR count). The number of benzene rings is 3. The minimum atomic E-state index is 0.208. The van der Waals surface area contributed by atoms with E-state index < -0.39 is 0 Å². The summed E-state index contributed by atoms with van der Waals surface area (Å²) in [6.07, 6.45) is 9.39. The Labute approximate surface area is 199 Å². The third-order valence-electron chi connectivity index (χ3n) is 5.51. The molecule has 4 nitrogen and oxygen atoms in total. The van der Waals surface area contributed by atoms with E-state index in [9.17, 15) is 5.11 Å². The number of hydrogen-bond acceptors (Lipinski definition) is 5. The van der Waals surface area contributed by atoms with Crippen molar-refractivity contribution < 1.29 is 9.84 Å². The van der Waals surface area contributed by atoms with E-state index in [0.29, 0.717) is 5.56 Å². The Morgan fingerprint density at radius 2 is 1.73 bits per heavy atom. The lowest BCUT2D eigenvalue weighted by atomic mass is 10.1. The number of aromatic hydroxyl groups is 1. The van der Waals surface area contributed by atoms with E-state index in [1.54, 1.807) is 23.5 Å². The average molecular weight is 459 g/mol. The van der Waals surface area contributed by atoms with Crippen LogP contribution in [0.25, 0.3) is 20.8 Å². The summed E-state index contributed by atoms with van der Waals surface area (Å²) in [6.45, 7) is 3.01. The molecule has 33 heavy (non-hydrogen) atoms. The quantitative estimate of drug-likeness (QED) is 0.182. The first-order valence-corrected chi connectivity index (χ1v) is 12.5.